The molecule has 0 atom stereocenters. The van der Waals surface area contributed by atoms with Gasteiger partial charge in [0.25, 0.3) is 0 Å². The zero-order valence-electron chi connectivity index (χ0n) is 9.46. The average Bonchev–Trinajstić information content (AvgIpc) is 2.58. The zero-order valence-corrected chi connectivity index (χ0v) is 11.9. The lowest BCUT2D eigenvalue weighted by Gasteiger charge is -2.04. The van der Waals surface area contributed by atoms with E-state index in [1.54, 1.807) is 11.3 Å². The molecule has 86 valence electrons. The van der Waals surface area contributed by atoms with Gasteiger partial charge in [-0.3, -0.25) is 0 Å². The Bertz CT molecular complexity index is 479. The van der Waals surface area contributed by atoms with Gasteiger partial charge in [-0.1, -0.05) is 41.1 Å². The van der Waals surface area contributed by atoms with Gasteiger partial charge in [0.15, 0.2) is 5.13 Å². The van der Waals surface area contributed by atoms with Crippen molar-refractivity contribution in [3.8, 4) is 0 Å². The predicted molar refractivity (Wildman–Crippen MR) is 75.3 cm³/mol. The topological polar surface area (TPSA) is 24.9 Å². The van der Waals surface area contributed by atoms with Crippen LogP contribution in [0, 0.1) is 5.92 Å². The lowest BCUT2D eigenvalue weighted by molar-refractivity contribution is 0.607. The smallest absolute Gasteiger partial charge is 0.183 e. The Balaban J connectivity index is 2.08. The summed E-state index contributed by atoms with van der Waals surface area (Å²) in [6.45, 7) is 5.47. The second kappa shape index (κ2) is 5.15. The first-order valence-electron chi connectivity index (χ1n) is 5.45. The molecule has 0 saturated heterocycles. The summed E-state index contributed by atoms with van der Waals surface area (Å²) in [5.41, 5.74) is 1.07. The highest BCUT2D eigenvalue weighted by molar-refractivity contribution is 9.10. The van der Waals surface area contributed by atoms with E-state index in [1.165, 1.54) is 11.1 Å². The van der Waals surface area contributed by atoms with Gasteiger partial charge in [-0.25, -0.2) is 4.98 Å². The maximum absolute atomic E-state index is 4.54. The van der Waals surface area contributed by atoms with Crippen LogP contribution >= 0.6 is 27.3 Å². The number of rotatable bonds is 4. The zero-order chi connectivity index (χ0) is 11.5. The summed E-state index contributed by atoms with van der Waals surface area (Å²) in [7, 11) is 0. The van der Waals surface area contributed by atoms with Crippen LogP contribution in [-0.4, -0.2) is 11.5 Å². The first-order valence-corrected chi connectivity index (χ1v) is 7.06. The number of anilines is 1. The fourth-order valence-electron chi connectivity index (χ4n) is 1.44. The van der Waals surface area contributed by atoms with Crippen molar-refractivity contribution >= 4 is 42.6 Å². The van der Waals surface area contributed by atoms with Crippen molar-refractivity contribution in [2.24, 2.45) is 5.92 Å². The lowest BCUT2D eigenvalue weighted by Crippen LogP contribution is -2.03. The normalized spacial score (nSPS) is 11.2. The molecule has 0 bridgehead atoms. The third-order valence-electron chi connectivity index (χ3n) is 2.35. The van der Waals surface area contributed by atoms with Crippen molar-refractivity contribution in [3.63, 3.8) is 0 Å². The fraction of sp³-hybridized carbons (Fsp3) is 0.417. The van der Waals surface area contributed by atoms with Crippen LogP contribution in [0.1, 0.15) is 20.3 Å². The summed E-state index contributed by atoms with van der Waals surface area (Å²) in [4.78, 5) is 4.54. The van der Waals surface area contributed by atoms with E-state index in [0.29, 0.717) is 0 Å². The minimum absolute atomic E-state index is 0.732. The van der Waals surface area contributed by atoms with Crippen LogP contribution in [0.4, 0.5) is 5.13 Å². The van der Waals surface area contributed by atoms with E-state index in [9.17, 15) is 0 Å². The molecule has 0 unspecified atom stereocenters. The molecule has 1 N–H and O–H groups in total. The van der Waals surface area contributed by atoms with E-state index in [1.807, 2.05) is 12.1 Å². The highest BCUT2D eigenvalue weighted by atomic mass is 79.9. The van der Waals surface area contributed by atoms with E-state index >= 15 is 0 Å². The first kappa shape index (κ1) is 11.9. The summed E-state index contributed by atoms with van der Waals surface area (Å²) in [6, 6.07) is 6.18. The maximum atomic E-state index is 4.54. The number of thiazole rings is 1. The molecule has 0 amide bonds. The van der Waals surface area contributed by atoms with E-state index in [-0.39, 0.29) is 0 Å². The molecule has 1 heterocycles. The second-order valence-corrected chi connectivity index (χ2v) is 6.19. The molecule has 0 spiro atoms. The monoisotopic (exact) mass is 298 g/mol. The minimum Gasteiger partial charge on any atom is -0.361 e. The molecule has 0 aliphatic rings. The van der Waals surface area contributed by atoms with Gasteiger partial charge in [0.1, 0.15) is 0 Å². The van der Waals surface area contributed by atoms with Crippen molar-refractivity contribution in [1.82, 2.24) is 4.98 Å². The van der Waals surface area contributed by atoms with Crippen LogP contribution in [0.2, 0.25) is 0 Å². The summed E-state index contributed by atoms with van der Waals surface area (Å²) < 4.78 is 2.33. The van der Waals surface area contributed by atoms with Crippen molar-refractivity contribution < 1.29 is 0 Å². The molecule has 16 heavy (non-hydrogen) atoms. The van der Waals surface area contributed by atoms with Crippen LogP contribution in [0.25, 0.3) is 10.2 Å². The number of nitrogens with one attached hydrogen (secondary N) is 1. The Hall–Kier alpha value is -0.610. The van der Waals surface area contributed by atoms with Crippen molar-refractivity contribution in [2.45, 2.75) is 20.3 Å². The SMILES string of the molecule is CC(C)CCNc1nc2ccc(Br)cc2s1. The molecule has 1 aromatic heterocycles. The van der Waals surface area contributed by atoms with Crippen LogP contribution in [0.5, 0.6) is 0 Å². The molecular weight excluding hydrogens is 284 g/mol. The van der Waals surface area contributed by atoms with Gasteiger partial charge in [0.2, 0.25) is 0 Å². The van der Waals surface area contributed by atoms with Crippen LogP contribution < -0.4 is 5.32 Å². The second-order valence-electron chi connectivity index (χ2n) is 4.24. The van der Waals surface area contributed by atoms with Crippen molar-refractivity contribution in [1.29, 1.82) is 0 Å². The maximum Gasteiger partial charge on any atom is 0.183 e. The first-order chi connectivity index (χ1) is 7.65. The highest BCUT2D eigenvalue weighted by Crippen LogP contribution is 2.28. The molecule has 0 saturated carbocycles. The van der Waals surface area contributed by atoms with Gasteiger partial charge in [0.05, 0.1) is 10.2 Å². The van der Waals surface area contributed by atoms with Crippen LogP contribution in [-0.2, 0) is 0 Å². The number of hydrogen-bond acceptors (Lipinski definition) is 3. The van der Waals surface area contributed by atoms with E-state index < -0.39 is 0 Å². The largest absolute Gasteiger partial charge is 0.361 e. The van der Waals surface area contributed by atoms with Gasteiger partial charge in [-0.15, -0.1) is 0 Å². The third-order valence-corrected chi connectivity index (χ3v) is 3.82. The third kappa shape index (κ3) is 2.95. The highest BCUT2D eigenvalue weighted by Gasteiger charge is 2.03. The number of fused-ring (bicyclic) bond motifs is 1. The molecule has 0 fully saturated rings. The van der Waals surface area contributed by atoms with Crippen molar-refractivity contribution in [2.75, 3.05) is 11.9 Å². The Labute approximate surface area is 108 Å². The van der Waals surface area contributed by atoms with Gasteiger partial charge in [-0.05, 0) is 30.5 Å². The lowest BCUT2D eigenvalue weighted by atomic mass is 10.1. The van der Waals surface area contributed by atoms with E-state index in [2.05, 4.69) is 46.1 Å². The average molecular weight is 299 g/mol. The van der Waals surface area contributed by atoms with E-state index in [0.717, 1.165) is 27.6 Å². The molecule has 0 radical (unpaired) electrons. The van der Waals surface area contributed by atoms with Gasteiger partial charge in [-0.2, -0.15) is 0 Å². The number of aromatic nitrogens is 1. The Morgan fingerprint density at radius 1 is 1.44 bits per heavy atom. The number of hydrogen-bond donors (Lipinski definition) is 1. The summed E-state index contributed by atoms with van der Waals surface area (Å²) >= 11 is 5.18. The Morgan fingerprint density at radius 3 is 3.00 bits per heavy atom. The molecule has 2 rings (SSSR count). The van der Waals surface area contributed by atoms with Gasteiger partial charge >= 0.3 is 0 Å². The molecule has 0 aliphatic carbocycles. The van der Waals surface area contributed by atoms with Crippen LogP contribution in [0.3, 0.4) is 0 Å². The van der Waals surface area contributed by atoms with Crippen LogP contribution in [0.15, 0.2) is 22.7 Å². The molecule has 4 heteroatoms. The standard InChI is InChI=1S/C12H15BrN2S/c1-8(2)5-6-14-12-15-10-4-3-9(13)7-11(10)16-12/h3-4,7-8H,5-6H2,1-2H3,(H,14,15). The Morgan fingerprint density at radius 2 is 2.25 bits per heavy atom. The van der Waals surface area contributed by atoms with E-state index in [4.69, 9.17) is 0 Å². The summed E-state index contributed by atoms with van der Waals surface area (Å²) in [6.07, 6.45) is 1.18. The fourth-order valence-corrected chi connectivity index (χ4v) is 2.89. The molecule has 2 aromatic rings. The molecule has 2 nitrogen and oxygen atoms in total. The van der Waals surface area contributed by atoms with Gasteiger partial charge in [0, 0.05) is 11.0 Å². The van der Waals surface area contributed by atoms with Crippen molar-refractivity contribution in [3.05, 3.63) is 22.7 Å². The Kier molecular flexibility index (Phi) is 3.82. The predicted octanol–water partition coefficient (Wildman–Crippen LogP) is 4.52. The minimum atomic E-state index is 0.732. The van der Waals surface area contributed by atoms with Gasteiger partial charge < -0.3 is 5.32 Å². The quantitative estimate of drug-likeness (QED) is 0.898. The number of halogens is 1. The molecule has 0 aliphatic heterocycles. The summed E-state index contributed by atoms with van der Waals surface area (Å²) in [5.74, 6) is 0.732. The molecule has 1 aromatic carbocycles. The summed E-state index contributed by atoms with van der Waals surface area (Å²) in [5, 5.41) is 4.40. The number of nitrogens with zero attached hydrogens (tertiary/aromatic N) is 1. The molecular formula is C12H15BrN2S. The number of benzene rings is 1.